The van der Waals surface area contributed by atoms with Crippen molar-refractivity contribution in [3.8, 4) is 0 Å². The summed E-state index contributed by atoms with van der Waals surface area (Å²) in [7, 11) is 3.42. The first kappa shape index (κ1) is 25.2. The van der Waals surface area contributed by atoms with Gasteiger partial charge in [0.2, 0.25) is 5.91 Å². The third-order valence-electron chi connectivity index (χ3n) is 3.23. The van der Waals surface area contributed by atoms with Gasteiger partial charge in [0.15, 0.2) is 5.96 Å². The Morgan fingerprint density at radius 3 is 2.54 bits per heavy atom. The zero-order valence-electron chi connectivity index (χ0n) is 15.3. The number of ether oxygens (including phenoxy) is 1. The van der Waals surface area contributed by atoms with Gasteiger partial charge in [-0.15, -0.1) is 24.0 Å². The van der Waals surface area contributed by atoms with Crippen LogP contribution in [0.25, 0.3) is 0 Å². The summed E-state index contributed by atoms with van der Waals surface area (Å²) in [4.78, 5) is 17.4. The number of guanidine groups is 1. The fraction of sp³-hybridized carbons (Fsp3) is 0.529. The van der Waals surface area contributed by atoms with E-state index in [1.54, 1.807) is 26.2 Å². The molecule has 0 saturated heterocycles. The predicted molar refractivity (Wildman–Crippen MR) is 119 cm³/mol. The van der Waals surface area contributed by atoms with Crippen molar-refractivity contribution >= 4 is 59.0 Å². The minimum atomic E-state index is -0.0498. The number of aliphatic imine (C=N–C) groups is 1. The van der Waals surface area contributed by atoms with Gasteiger partial charge >= 0.3 is 0 Å². The number of hydrogen-bond acceptors (Lipinski definition) is 3. The highest BCUT2D eigenvalue weighted by Gasteiger charge is 2.05. The van der Waals surface area contributed by atoms with Crippen LogP contribution in [0.5, 0.6) is 0 Å². The molecule has 0 aliphatic rings. The largest absolute Gasteiger partial charge is 0.375 e. The third-order valence-corrected chi connectivity index (χ3v) is 3.81. The van der Waals surface area contributed by atoms with E-state index >= 15 is 0 Å². The van der Waals surface area contributed by atoms with Crippen molar-refractivity contribution in [2.45, 2.75) is 20.0 Å². The van der Waals surface area contributed by atoms with Gasteiger partial charge in [0.1, 0.15) is 6.54 Å². The lowest BCUT2D eigenvalue weighted by molar-refractivity contribution is -0.127. The Hall–Kier alpha value is -0.770. The van der Waals surface area contributed by atoms with E-state index in [-0.39, 0.29) is 36.4 Å². The fourth-order valence-electron chi connectivity index (χ4n) is 1.77. The molecule has 0 aliphatic heterocycles. The van der Waals surface area contributed by atoms with Crippen LogP contribution in [0.2, 0.25) is 10.0 Å². The van der Waals surface area contributed by atoms with Crippen LogP contribution < -0.4 is 10.6 Å². The molecule has 1 aromatic carbocycles. The molecule has 1 rings (SSSR count). The van der Waals surface area contributed by atoms with Crippen molar-refractivity contribution in [3.63, 3.8) is 0 Å². The van der Waals surface area contributed by atoms with Crippen LogP contribution in [0.4, 0.5) is 0 Å². The number of benzene rings is 1. The number of carbonyl (C=O) groups excluding carboxylic acids is 1. The minimum Gasteiger partial charge on any atom is -0.375 e. The van der Waals surface area contributed by atoms with Gasteiger partial charge in [0.05, 0.1) is 13.2 Å². The van der Waals surface area contributed by atoms with Crippen molar-refractivity contribution in [1.82, 2.24) is 15.5 Å². The summed E-state index contributed by atoms with van der Waals surface area (Å²) >= 11 is 12.0. The number of amides is 1. The molecule has 1 aromatic rings. The summed E-state index contributed by atoms with van der Waals surface area (Å²) in [5.41, 5.74) is 0.889. The number of halogens is 3. The number of likely N-dealkylation sites (N-methyl/N-ethyl adjacent to an activating group) is 1. The molecule has 6 nitrogen and oxygen atoms in total. The Bertz CT molecular complexity index is 586. The Morgan fingerprint density at radius 1 is 1.23 bits per heavy atom. The van der Waals surface area contributed by atoms with Crippen LogP contribution in [-0.2, 0) is 16.1 Å². The van der Waals surface area contributed by atoms with E-state index in [1.165, 1.54) is 4.90 Å². The highest BCUT2D eigenvalue weighted by atomic mass is 127. The first-order valence-corrected chi connectivity index (χ1v) is 8.93. The van der Waals surface area contributed by atoms with Gasteiger partial charge in [-0.25, -0.2) is 4.99 Å². The maximum Gasteiger partial charge on any atom is 0.243 e. The van der Waals surface area contributed by atoms with E-state index < -0.39 is 0 Å². The van der Waals surface area contributed by atoms with Crippen molar-refractivity contribution in [2.24, 2.45) is 4.99 Å². The molecule has 0 radical (unpaired) electrons. The van der Waals surface area contributed by atoms with E-state index in [0.29, 0.717) is 35.8 Å². The van der Waals surface area contributed by atoms with E-state index in [1.807, 2.05) is 6.07 Å². The lowest BCUT2D eigenvalue weighted by Gasteiger charge is -2.13. The molecule has 2 N–H and O–H groups in total. The summed E-state index contributed by atoms with van der Waals surface area (Å²) in [6, 6.07) is 5.33. The minimum absolute atomic E-state index is 0. The quantitative estimate of drug-likeness (QED) is 0.229. The topological polar surface area (TPSA) is 66.0 Å². The number of rotatable bonds is 9. The van der Waals surface area contributed by atoms with E-state index in [2.05, 4.69) is 22.5 Å². The van der Waals surface area contributed by atoms with E-state index in [0.717, 1.165) is 18.5 Å². The summed E-state index contributed by atoms with van der Waals surface area (Å²) in [6.45, 7) is 4.40. The molecule has 0 bridgehead atoms. The zero-order valence-corrected chi connectivity index (χ0v) is 19.2. The van der Waals surface area contributed by atoms with Gasteiger partial charge in [0, 0.05) is 37.2 Å². The smallest absolute Gasteiger partial charge is 0.243 e. The number of carbonyl (C=O) groups is 1. The second kappa shape index (κ2) is 14.3. The molecule has 0 fully saturated rings. The normalized spacial score (nSPS) is 10.9. The molecule has 0 unspecified atom stereocenters. The Balaban J connectivity index is 0.00000625. The summed E-state index contributed by atoms with van der Waals surface area (Å²) in [6.07, 6.45) is 0.966. The molecule has 26 heavy (non-hydrogen) atoms. The maximum atomic E-state index is 11.6. The molecule has 148 valence electrons. The zero-order chi connectivity index (χ0) is 18.7. The number of nitrogens with one attached hydrogen (secondary N) is 2. The Morgan fingerprint density at radius 2 is 1.92 bits per heavy atom. The number of nitrogens with zero attached hydrogens (tertiary/aromatic N) is 2. The highest BCUT2D eigenvalue weighted by Crippen LogP contribution is 2.21. The molecular formula is C17H27Cl2IN4O2. The Labute approximate surface area is 182 Å². The summed E-state index contributed by atoms with van der Waals surface area (Å²) in [5.74, 6) is 0.552. The molecular weight excluding hydrogens is 490 g/mol. The van der Waals surface area contributed by atoms with Crippen molar-refractivity contribution in [3.05, 3.63) is 33.8 Å². The molecule has 1 amide bonds. The first-order valence-electron chi connectivity index (χ1n) is 8.18. The van der Waals surface area contributed by atoms with Crippen LogP contribution in [0.3, 0.4) is 0 Å². The highest BCUT2D eigenvalue weighted by molar-refractivity contribution is 14.0. The second-order valence-electron chi connectivity index (χ2n) is 5.59. The third kappa shape index (κ3) is 10.4. The van der Waals surface area contributed by atoms with Crippen LogP contribution in [0.15, 0.2) is 23.2 Å². The van der Waals surface area contributed by atoms with Gasteiger partial charge in [-0.05, 0) is 24.1 Å². The van der Waals surface area contributed by atoms with Gasteiger partial charge in [-0.2, -0.15) is 0 Å². The Kier molecular flexibility index (Phi) is 13.9. The number of hydrogen-bond donors (Lipinski definition) is 2. The fourth-order valence-corrected chi connectivity index (χ4v) is 2.23. The maximum absolute atomic E-state index is 11.6. The van der Waals surface area contributed by atoms with Crippen LogP contribution in [0.1, 0.15) is 18.9 Å². The van der Waals surface area contributed by atoms with Crippen LogP contribution in [0, 0.1) is 0 Å². The molecule has 9 heteroatoms. The van der Waals surface area contributed by atoms with Gasteiger partial charge in [-0.3, -0.25) is 4.79 Å². The van der Waals surface area contributed by atoms with Gasteiger partial charge in [-0.1, -0.05) is 36.2 Å². The standard InChI is InChI=1S/C17H26Cl2N4O2.HI/c1-4-7-20-17(22-11-16(24)23(2)3)21-8-9-25-12-13-5-6-14(18)10-15(13)19;/h5-6,10H,4,7-9,11-12H2,1-3H3,(H2,20,21,22);1H. The van der Waals surface area contributed by atoms with Crippen LogP contribution in [-0.4, -0.2) is 57.1 Å². The van der Waals surface area contributed by atoms with Crippen molar-refractivity contribution in [1.29, 1.82) is 0 Å². The molecule has 0 spiro atoms. The van der Waals surface area contributed by atoms with Gasteiger partial charge < -0.3 is 20.3 Å². The van der Waals surface area contributed by atoms with E-state index in [4.69, 9.17) is 27.9 Å². The second-order valence-corrected chi connectivity index (χ2v) is 6.44. The monoisotopic (exact) mass is 516 g/mol. The van der Waals surface area contributed by atoms with E-state index in [9.17, 15) is 4.79 Å². The lowest BCUT2D eigenvalue weighted by atomic mass is 10.2. The lowest BCUT2D eigenvalue weighted by Crippen LogP contribution is -2.40. The van der Waals surface area contributed by atoms with Crippen molar-refractivity contribution in [2.75, 3.05) is 40.3 Å². The van der Waals surface area contributed by atoms with Gasteiger partial charge in [0.25, 0.3) is 0 Å². The average Bonchev–Trinajstić information content (AvgIpc) is 2.57. The SMILES string of the molecule is CCCNC(=NCC(=O)N(C)C)NCCOCc1ccc(Cl)cc1Cl.I. The van der Waals surface area contributed by atoms with Crippen LogP contribution >= 0.6 is 47.2 Å². The molecule has 0 saturated carbocycles. The first-order chi connectivity index (χ1) is 11.9. The molecule has 0 atom stereocenters. The predicted octanol–water partition coefficient (Wildman–Crippen LogP) is 3.16. The summed E-state index contributed by atoms with van der Waals surface area (Å²) < 4.78 is 5.61. The molecule has 0 heterocycles. The molecule has 0 aromatic heterocycles. The molecule has 0 aliphatic carbocycles. The average molecular weight is 517 g/mol. The van der Waals surface area contributed by atoms with Crippen molar-refractivity contribution < 1.29 is 9.53 Å². The summed E-state index contributed by atoms with van der Waals surface area (Å²) in [5, 5.41) is 7.51.